The molecule has 0 bridgehead atoms. The van der Waals surface area contributed by atoms with Crippen LogP contribution < -0.4 is 5.73 Å². The molecule has 2 rings (SSSR count). The van der Waals surface area contributed by atoms with Gasteiger partial charge in [-0.15, -0.1) is 0 Å². The van der Waals surface area contributed by atoms with Gasteiger partial charge >= 0.3 is 0 Å². The molecule has 4 nitrogen and oxygen atoms in total. The molecule has 1 aliphatic rings. The second-order valence-corrected chi connectivity index (χ2v) is 5.95. The van der Waals surface area contributed by atoms with Gasteiger partial charge in [0.1, 0.15) is 0 Å². The van der Waals surface area contributed by atoms with Crippen LogP contribution in [0.3, 0.4) is 0 Å². The highest BCUT2D eigenvalue weighted by Crippen LogP contribution is 2.21. The number of carbonyl (C=O) groups is 1. The van der Waals surface area contributed by atoms with Crippen LogP contribution in [-0.2, 0) is 11.2 Å². The summed E-state index contributed by atoms with van der Waals surface area (Å²) in [5, 5.41) is 9.90. The van der Waals surface area contributed by atoms with E-state index < -0.39 is 11.6 Å². The molecule has 1 amide bonds. The summed E-state index contributed by atoms with van der Waals surface area (Å²) in [5.74, 6) is 0.0106. The molecular weight excluding hydrogens is 252 g/mol. The molecule has 0 spiro atoms. The third-order valence-electron chi connectivity index (χ3n) is 4.06. The Morgan fingerprint density at radius 3 is 2.55 bits per heavy atom. The lowest BCUT2D eigenvalue weighted by Crippen LogP contribution is -2.50. The van der Waals surface area contributed by atoms with E-state index in [4.69, 9.17) is 5.73 Å². The van der Waals surface area contributed by atoms with E-state index in [9.17, 15) is 9.90 Å². The molecule has 110 valence electrons. The van der Waals surface area contributed by atoms with Crippen molar-refractivity contribution >= 4 is 5.91 Å². The van der Waals surface area contributed by atoms with E-state index in [1.54, 1.807) is 4.90 Å². The van der Waals surface area contributed by atoms with E-state index in [-0.39, 0.29) is 5.91 Å². The van der Waals surface area contributed by atoms with Gasteiger partial charge in [0.2, 0.25) is 5.91 Å². The fraction of sp³-hybridized carbons (Fsp3) is 0.562. The van der Waals surface area contributed by atoms with Gasteiger partial charge in [-0.1, -0.05) is 30.3 Å². The minimum absolute atomic E-state index is 0.0106. The molecule has 1 aromatic rings. The molecule has 0 radical (unpaired) electrons. The number of aryl methyl sites for hydroxylation is 1. The molecule has 1 saturated heterocycles. The van der Waals surface area contributed by atoms with Crippen molar-refractivity contribution in [2.24, 2.45) is 5.73 Å². The zero-order chi connectivity index (χ0) is 14.6. The summed E-state index contributed by atoms with van der Waals surface area (Å²) in [4.78, 5) is 14.0. The number of benzene rings is 1. The summed E-state index contributed by atoms with van der Waals surface area (Å²) in [6.07, 6.45) is 2.74. The zero-order valence-electron chi connectivity index (χ0n) is 12.1. The molecule has 1 atom stereocenters. The van der Waals surface area contributed by atoms with Crippen LogP contribution in [0.4, 0.5) is 0 Å². The monoisotopic (exact) mass is 276 g/mol. The molecule has 1 aliphatic heterocycles. The zero-order valence-corrected chi connectivity index (χ0v) is 12.1. The predicted octanol–water partition coefficient (Wildman–Crippen LogP) is 1.32. The molecule has 0 saturated carbocycles. The summed E-state index contributed by atoms with van der Waals surface area (Å²) in [6, 6.07) is 9.63. The van der Waals surface area contributed by atoms with Crippen LogP contribution in [0.15, 0.2) is 30.3 Å². The Bertz CT molecular complexity index is 435. The van der Waals surface area contributed by atoms with Gasteiger partial charge < -0.3 is 15.7 Å². The van der Waals surface area contributed by atoms with Gasteiger partial charge in [0.15, 0.2) is 0 Å². The lowest BCUT2D eigenvalue weighted by molar-refractivity contribution is -0.136. The number of likely N-dealkylation sites (tertiary alicyclic amines) is 1. The highest BCUT2D eigenvalue weighted by atomic mass is 16.3. The highest BCUT2D eigenvalue weighted by Gasteiger charge is 2.31. The SMILES string of the molecule is CC1(O)CCN(C(=O)C(N)CCc2ccccc2)CC1. The van der Waals surface area contributed by atoms with E-state index in [1.807, 2.05) is 25.1 Å². The van der Waals surface area contributed by atoms with Crippen molar-refractivity contribution in [3.63, 3.8) is 0 Å². The van der Waals surface area contributed by atoms with Crippen LogP contribution in [0.1, 0.15) is 31.7 Å². The maximum absolute atomic E-state index is 12.2. The number of hydrogen-bond donors (Lipinski definition) is 2. The first kappa shape index (κ1) is 15.0. The Kier molecular flexibility index (Phi) is 4.78. The topological polar surface area (TPSA) is 66.6 Å². The van der Waals surface area contributed by atoms with E-state index in [1.165, 1.54) is 5.56 Å². The molecule has 4 heteroatoms. The summed E-state index contributed by atoms with van der Waals surface area (Å²) >= 11 is 0. The van der Waals surface area contributed by atoms with Crippen molar-refractivity contribution in [2.45, 2.75) is 44.2 Å². The average molecular weight is 276 g/mol. The van der Waals surface area contributed by atoms with Gasteiger partial charge in [-0.2, -0.15) is 0 Å². The third-order valence-corrected chi connectivity index (χ3v) is 4.06. The van der Waals surface area contributed by atoms with Gasteiger partial charge in [0.05, 0.1) is 11.6 Å². The molecule has 1 heterocycles. The van der Waals surface area contributed by atoms with Crippen molar-refractivity contribution in [1.82, 2.24) is 4.90 Å². The van der Waals surface area contributed by atoms with Crippen LogP contribution in [0.5, 0.6) is 0 Å². The third kappa shape index (κ3) is 4.05. The Hall–Kier alpha value is -1.39. The predicted molar refractivity (Wildman–Crippen MR) is 79.2 cm³/mol. The molecule has 1 aromatic carbocycles. The Morgan fingerprint density at radius 1 is 1.35 bits per heavy atom. The van der Waals surface area contributed by atoms with Gasteiger partial charge in [-0.3, -0.25) is 4.79 Å². The first-order chi connectivity index (χ1) is 9.48. The second-order valence-electron chi connectivity index (χ2n) is 5.95. The number of piperidine rings is 1. The first-order valence-electron chi connectivity index (χ1n) is 7.29. The van der Waals surface area contributed by atoms with Crippen molar-refractivity contribution in [3.05, 3.63) is 35.9 Å². The molecule has 3 N–H and O–H groups in total. The van der Waals surface area contributed by atoms with Crippen LogP contribution in [-0.4, -0.2) is 40.6 Å². The van der Waals surface area contributed by atoms with Gasteiger partial charge in [0, 0.05) is 13.1 Å². The summed E-state index contributed by atoms with van der Waals surface area (Å²) in [7, 11) is 0. The molecule has 1 fully saturated rings. The average Bonchev–Trinajstić information content (AvgIpc) is 2.45. The summed E-state index contributed by atoms with van der Waals surface area (Å²) < 4.78 is 0. The highest BCUT2D eigenvalue weighted by molar-refractivity contribution is 5.81. The fourth-order valence-corrected chi connectivity index (χ4v) is 2.53. The maximum Gasteiger partial charge on any atom is 0.239 e. The van der Waals surface area contributed by atoms with E-state index >= 15 is 0 Å². The van der Waals surface area contributed by atoms with E-state index in [2.05, 4.69) is 12.1 Å². The Morgan fingerprint density at radius 2 is 1.95 bits per heavy atom. The van der Waals surface area contributed by atoms with Crippen molar-refractivity contribution in [3.8, 4) is 0 Å². The van der Waals surface area contributed by atoms with Gasteiger partial charge in [0.25, 0.3) is 0 Å². The van der Waals surface area contributed by atoms with E-state index in [0.717, 1.165) is 6.42 Å². The summed E-state index contributed by atoms with van der Waals surface area (Å²) in [6.45, 7) is 3.03. The molecule has 1 unspecified atom stereocenters. The summed E-state index contributed by atoms with van der Waals surface area (Å²) in [5.41, 5.74) is 6.58. The second kappa shape index (κ2) is 6.37. The Balaban J connectivity index is 1.80. The number of carbonyl (C=O) groups excluding carboxylic acids is 1. The quantitative estimate of drug-likeness (QED) is 0.871. The van der Waals surface area contributed by atoms with Crippen molar-refractivity contribution in [1.29, 1.82) is 0 Å². The normalized spacial score (nSPS) is 19.6. The molecule has 20 heavy (non-hydrogen) atoms. The maximum atomic E-state index is 12.2. The minimum Gasteiger partial charge on any atom is -0.390 e. The number of nitrogens with zero attached hydrogens (tertiary/aromatic N) is 1. The number of aliphatic hydroxyl groups is 1. The first-order valence-corrected chi connectivity index (χ1v) is 7.29. The lowest BCUT2D eigenvalue weighted by Gasteiger charge is -2.36. The number of amides is 1. The van der Waals surface area contributed by atoms with Crippen LogP contribution in [0.25, 0.3) is 0 Å². The lowest BCUT2D eigenvalue weighted by atomic mass is 9.93. The van der Waals surface area contributed by atoms with Crippen LogP contribution >= 0.6 is 0 Å². The fourth-order valence-electron chi connectivity index (χ4n) is 2.53. The van der Waals surface area contributed by atoms with Crippen molar-refractivity contribution in [2.75, 3.05) is 13.1 Å². The molecular formula is C16H24N2O2. The van der Waals surface area contributed by atoms with E-state index in [0.29, 0.717) is 32.4 Å². The number of rotatable bonds is 4. The van der Waals surface area contributed by atoms with Gasteiger partial charge in [-0.25, -0.2) is 0 Å². The minimum atomic E-state index is -0.634. The Labute approximate surface area is 120 Å². The number of nitrogens with two attached hydrogens (primary N) is 1. The van der Waals surface area contributed by atoms with Crippen LogP contribution in [0, 0.1) is 0 Å². The van der Waals surface area contributed by atoms with Crippen LogP contribution in [0.2, 0.25) is 0 Å². The number of hydrogen-bond acceptors (Lipinski definition) is 3. The molecule has 0 aliphatic carbocycles. The smallest absolute Gasteiger partial charge is 0.239 e. The largest absolute Gasteiger partial charge is 0.390 e. The standard InChI is InChI=1S/C16H24N2O2/c1-16(20)9-11-18(12-10-16)15(19)14(17)8-7-13-5-3-2-4-6-13/h2-6,14,20H,7-12,17H2,1H3. The van der Waals surface area contributed by atoms with Crippen molar-refractivity contribution < 1.29 is 9.90 Å². The molecule has 0 aromatic heterocycles. The van der Waals surface area contributed by atoms with Gasteiger partial charge in [-0.05, 0) is 38.2 Å².